The molecule has 3 atom stereocenters. The van der Waals surface area contributed by atoms with Gasteiger partial charge in [-0.05, 0) is 31.0 Å². The molecule has 0 bridgehead atoms. The number of rotatable bonds is 3. The first kappa shape index (κ1) is 13.5. The first-order chi connectivity index (χ1) is 10.9. The zero-order valence-electron chi connectivity index (χ0n) is 12.2. The molecule has 2 aromatic rings. The fraction of sp³-hybridized carbons (Fsp3) is 0.438. The SMILES string of the molecule is c1cncc(O[C@H]2CC[C@@H]3[C@@H]2OCCN3c2ccncn2)c1. The lowest BCUT2D eigenvalue weighted by Gasteiger charge is -2.39. The second kappa shape index (κ2) is 5.88. The van der Waals surface area contributed by atoms with Gasteiger partial charge in [-0.1, -0.05) is 0 Å². The van der Waals surface area contributed by atoms with Crippen LogP contribution in [0.4, 0.5) is 5.82 Å². The third-order valence-corrected chi connectivity index (χ3v) is 4.32. The molecule has 0 spiro atoms. The molecule has 2 aliphatic rings. The van der Waals surface area contributed by atoms with Crippen molar-refractivity contribution in [2.24, 2.45) is 0 Å². The molecular formula is C16H18N4O2. The third-order valence-electron chi connectivity index (χ3n) is 4.32. The summed E-state index contributed by atoms with van der Waals surface area (Å²) in [7, 11) is 0. The molecule has 1 aliphatic heterocycles. The van der Waals surface area contributed by atoms with E-state index in [4.69, 9.17) is 9.47 Å². The Morgan fingerprint density at radius 3 is 3.00 bits per heavy atom. The van der Waals surface area contributed by atoms with Crippen LogP contribution in [0.15, 0.2) is 43.1 Å². The molecule has 114 valence electrons. The number of hydrogen-bond acceptors (Lipinski definition) is 6. The van der Waals surface area contributed by atoms with Gasteiger partial charge in [0.05, 0.1) is 18.8 Å². The first-order valence-electron chi connectivity index (χ1n) is 7.63. The van der Waals surface area contributed by atoms with E-state index in [1.807, 2.05) is 18.2 Å². The van der Waals surface area contributed by atoms with E-state index < -0.39 is 0 Å². The van der Waals surface area contributed by atoms with Crippen LogP contribution >= 0.6 is 0 Å². The quantitative estimate of drug-likeness (QED) is 0.859. The number of anilines is 1. The van der Waals surface area contributed by atoms with E-state index in [9.17, 15) is 0 Å². The third kappa shape index (κ3) is 2.50. The fourth-order valence-corrected chi connectivity index (χ4v) is 3.37. The van der Waals surface area contributed by atoms with E-state index in [0.717, 1.165) is 31.0 Å². The van der Waals surface area contributed by atoms with Crippen molar-refractivity contribution in [3.8, 4) is 5.75 Å². The Kier molecular flexibility index (Phi) is 3.60. The molecule has 3 heterocycles. The Labute approximate surface area is 129 Å². The summed E-state index contributed by atoms with van der Waals surface area (Å²) in [6.07, 6.45) is 9.04. The molecule has 1 saturated heterocycles. The van der Waals surface area contributed by atoms with Gasteiger partial charge in [0.2, 0.25) is 0 Å². The lowest BCUT2D eigenvalue weighted by molar-refractivity contribution is -0.0309. The van der Waals surface area contributed by atoms with Crippen LogP contribution in [-0.2, 0) is 4.74 Å². The monoisotopic (exact) mass is 298 g/mol. The summed E-state index contributed by atoms with van der Waals surface area (Å²) >= 11 is 0. The Morgan fingerprint density at radius 1 is 1.18 bits per heavy atom. The van der Waals surface area contributed by atoms with Crippen LogP contribution in [0.5, 0.6) is 5.75 Å². The van der Waals surface area contributed by atoms with E-state index >= 15 is 0 Å². The number of nitrogens with zero attached hydrogens (tertiary/aromatic N) is 4. The van der Waals surface area contributed by atoms with Crippen molar-refractivity contribution in [3.63, 3.8) is 0 Å². The molecule has 0 N–H and O–H groups in total. The molecule has 6 nitrogen and oxygen atoms in total. The highest BCUT2D eigenvalue weighted by Gasteiger charge is 2.44. The molecule has 6 heteroatoms. The van der Waals surface area contributed by atoms with Crippen LogP contribution in [0.25, 0.3) is 0 Å². The van der Waals surface area contributed by atoms with Gasteiger partial charge >= 0.3 is 0 Å². The van der Waals surface area contributed by atoms with E-state index in [1.54, 1.807) is 24.9 Å². The van der Waals surface area contributed by atoms with E-state index in [-0.39, 0.29) is 12.2 Å². The predicted octanol–water partition coefficient (Wildman–Crippen LogP) is 1.69. The maximum Gasteiger partial charge on any atom is 0.138 e. The summed E-state index contributed by atoms with van der Waals surface area (Å²) in [6, 6.07) is 6.09. The molecule has 0 aromatic carbocycles. The van der Waals surface area contributed by atoms with Crippen molar-refractivity contribution >= 4 is 5.82 Å². The maximum atomic E-state index is 6.08. The van der Waals surface area contributed by atoms with E-state index in [1.165, 1.54) is 0 Å². The predicted molar refractivity (Wildman–Crippen MR) is 80.8 cm³/mol. The second-order valence-electron chi connectivity index (χ2n) is 5.59. The highest BCUT2D eigenvalue weighted by Crippen LogP contribution is 2.34. The van der Waals surface area contributed by atoms with E-state index in [0.29, 0.717) is 12.6 Å². The summed E-state index contributed by atoms with van der Waals surface area (Å²) in [5.74, 6) is 1.77. The molecule has 22 heavy (non-hydrogen) atoms. The van der Waals surface area contributed by atoms with Gasteiger partial charge in [-0.15, -0.1) is 0 Å². The van der Waals surface area contributed by atoms with Gasteiger partial charge in [0.1, 0.15) is 30.1 Å². The summed E-state index contributed by atoms with van der Waals surface area (Å²) in [5.41, 5.74) is 0. The number of fused-ring (bicyclic) bond motifs is 1. The average molecular weight is 298 g/mol. The lowest BCUT2D eigenvalue weighted by atomic mass is 10.1. The molecule has 0 unspecified atom stereocenters. The van der Waals surface area contributed by atoms with Crippen molar-refractivity contribution in [1.29, 1.82) is 0 Å². The highest BCUT2D eigenvalue weighted by atomic mass is 16.5. The Hall–Kier alpha value is -2.21. The Balaban J connectivity index is 1.51. The van der Waals surface area contributed by atoms with Gasteiger partial charge in [0.25, 0.3) is 0 Å². The number of ether oxygens (including phenoxy) is 2. The fourth-order valence-electron chi connectivity index (χ4n) is 3.37. The van der Waals surface area contributed by atoms with Crippen LogP contribution in [0.1, 0.15) is 12.8 Å². The second-order valence-corrected chi connectivity index (χ2v) is 5.59. The van der Waals surface area contributed by atoms with Crippen LogP contribution in [0.2, 0.25) is 0 Å². The zero-order chi connectivity index (χ0) is 14.8. The van der Waals surface area contributed by atoms with Crippen molar-refractivity contribution in [2.45, 2.75) is 31.1 Å². The van der Waals surface area contributed by atoms with Crippen LogP contribution < -0.4 is 9.64 Å². The number of morpholine rings is 1. The largest absolute Gasteiger partial charge is 0.486 e. The van der Waals surface area contributed by atoms with Crippen molar-refractivity contribution in [3.05, 3.63) is 43.1 Å². The Bertz CT molecular complexity index is 610. The molecule has 1 aliphatic carbocycles. The molecule has 2 fully saturated rings. The molecule has 1 saturated carbocycles. The topological polar surface area (TPSA) is 60.4 Å². The van der Waals surface area contributed by atoms with Gasteiger partial charge in [0, 0.05) is 18.9 Å². The van der Waals surface area contributed by atoms with Crippen LogP contribution in [-0.4, -0.2) is 46.4 Å². The smallest absolute Gasteiger partial charge is 0.138 e. The summed E-state index contributed by atoms with van der Waals surface area (Å²) in [5, 5.41) is 0. The molecule has 0 radical (unpaired) electrons. The van der Waals surface area contributed by atoms with Crippen molar-refractivity contribution < 1.29 is 9.47 Å². The number of hydrogen-bond donors (Lipinski definition) is 0. The molecule has 2 aromatic heterocycles. The Morgan fingerprint density at radius 2 is 2.18 bits per heavy atom. The van der Waals surface area contributed by atoms with E-state index in [2.05, 4.69) is 19.9 Å². The molecule has 4 rings (SSSR count). The van der Waals surface area contributed by atoms with Crippen molar-refractivity contribution in [1.82, 2.24) is 15.0 Å². The van der Waals surface area contributed by atoms with Gasteiger partial charge in [-0.2, -0.15) is 0 Å². The normalized spacial score (nSPS) is 27.5. The summed E-state index contributed by atoms with van der Waals surface area (Å²) in [4.78, 5) is 14.8. The van der Waals surface area contributed by atoms with Gasteiger partial charge in [-0.3, -0.25) is 4.98 Å². The summed E-state index contributed by atoms with van der Waals surface area (Å²) in [6.45, 7) is 1.55. The van der Waals surface area contributed by atoms with Crippen LogP contribution in [0, 0.1) is 0 Å². The minimum absolute atomic E-state index is 0.0684. The molecular weight excluding hydrogens is 280 g/mol. The zero-order valence-corrected chi connectivity index (χ0v) is 12.2. The lowest BCUT2D eigenvalue weighted by Crippen LogP contribution is -2.52. The minimum Gasteiger partial charge on any atom is -0.486 e. The standard InChI is InChI=1S/C16H18N4O2/c1-2-12(10-17-6-1)22-14-4-3-13-16(14)21-9-8-20(13)15-5-7-18-11-19-15/h1-2,5-7,10-11,13-14,16H,3-4,8-9H2/t13-,14+,16+/m1/s1. The first-order valence-corrected chi connectivity index (χ1v) is 7.63. The van der Waals surface area contributed by atoms with Crippen molar-refractivity contribution in [2.75, 3.05) is 18.1 Å². The summed E-state index contributed by atoms with van der Waals surface area (Å²) < 4.78 is 12.1. The number of pyridine rings is 1. The average Bonchev–Trinajstić information content (AvgIpc) is 3.00. The van der Waals surface area contributed by atoms with Crippen LogP contribution in [0.3, 0.4) is 0 Å². The number of aromatic nitrogens is 3. The minimum atomic E-state index is 0.0684. The highest BCUT2D eigenvalue weighted by molar-refractivity contribution is 5.40. The molecule has 0 amide bonds. The van der Waals surface area contributed by atoms with Gasteiger partial charge < -0.3 is 14.4 Å². The van der Waals surface area contributed by atoms with Gasteiger partial charge in [0.15, 0.2) is 0 Å². The maximum absolute atomic E-state index is 6.08. The van der Waals surface area contributed by atoms with Gasteiger partial charge in [-0.25, -0.2) is 9.97 Å².